The zero-order valence-electron chi connectivity index (χ0n) is 21.2. The molecule has 0 aliphatic rings. The van der Waals surface area contributed by atoms with E-state index in [1.807, 2.05) is 63.2 Å². The van der Waals surface area contributed by atoms with Gasteiger partial charge in [-0.1, -0.05) is 54.6 Å². The smallest absolute Gasteiger partial charge is 0.410 e. The third-order valence-corrected chi connectivity index (χ3v) is 5.65. The predicted molar refractivity (Wildman–Crippen MR) is 138 cm³/mol. The lowest BCUT2D eigenvalue weighted by atomic mass is 10.00. The van der Waals surface area contributed by atoms with Crippen LogP contribution >= 0.6 is 0 Å². The van der Waals surface area contributed by atoms with Gasteiger partial charge in [-0.15, -0.1) is 0 Å². The number of hydrogen-bond acceptors (Lipinski definition) is 5. The molecule has 0 radical (unpaired) electrons. The van der Waals surface area contributed by atoms with Crippen molar-refractivity contribution in [1.29, 1.82) is 0 Å². The summed E-state index contributed by atoms with van der Waals surface area (Å²) >= 11 is 0. The molecule has 3 rings (SSSR count). The van der Waals surface area contributed by atoms with Gasteiger partial charge in [0.05, 0.1) is 33.4 Å². The van der Waals surface area contributed by atoms with E-state index < -0.39 is 17.7 Å². The molecular formula is C29H35NO5. The fourth-order valence-corrected chi connectivity index (χ4v) is 3.84. The van der Waals surface area contributed by atoms with Crippen LogP contribution in [0, 0.1) is 0 Å². The fraction of sp³-hybridized carbons (Fsp3) is 0.345. The molecule has 0 spiro atoms. The largest absolute Gasteiger partial charge is 0.497 e. The Morgan fingerprint density at radius 3 is 2.14 bits per heavy atom. The van der Waals surface area contributed by atoms with E-state index in [9.17, 15) is 9.90 Å². The van der Waals surface area contributed by atoms with Gasteiger partial charge in [0.25, 0.3) is 0 Å². The summed E-state index contributed by atoms with van der Waals surface area (Å²) in [5, 5.41) is 10.3. The van der Waals surface area contributed by atoms with Crippen molar-refractivity contribution in [2.75, 3.05) is 20.8 Å². The molecule has 0 saturated carbocycles. The minimum Gasteiger partial charge on any atom is -0.497 e. The Morgan fingerprint density at radius 1 is 0.914 bits per heavy atom. The van der Waals surface area contributed by atoms with Crippen LogP contribution in [0.5, 0.6) is 11.5 Å². The van der Waals surface area contributed by atoms with Crippen LogP contribution < -0.4 is 9.47 Å². The first-order chi connectivity index (χ1) is 16.7. The molecule has 0 unspecified atom stereocenters. The lowest BCUT2D eigenvalue weighted by molar-refractivity contribution is 0.00683. The highest BCUT2D eigenvalue weighted by Gasteiger charge is 2.29. The summed E-state index contributed by atoms with van der Waals surface area (Å²) < 4.78 is 16.5. The average Bonchev–Trinajstić information content (AvgIpc) is 2.86. The molecule has 0 bridgehead atoms. The normalized spacial score (nSPS) is 12.1. The number of hydrogen-bond donors (Lipinski definition) is 1. The van der Waals surface area contributed by atoms with Crippen molar-refractivity contribution in [2.45, 2.75) is 45.4 Å². The number of carbonyl (C=O) groups is 1. The van der Waals surface area contributed by atoms with Gasteiger partial charge in [0.2, 0.25) is 0 Å². The van der Waals surface area contributed by atoms with E-state index in [2.05, 4.69) is 24.3 Å². The Morgan fingerprint density at radius 2 is 1.57 bits per heavy atom. The minimum atomic E-state index is -0.670. The fourth-order valence-electron chi connectivity index (χ4n) is 3.84. The van der Waals surface area contributed by atoms with Crippen molar-refractivity contribution in [3.05, 3.63) is 83.9 Å². The molecule has 0 aromatic heterocycles. The van der Waals surface area contributed by atoms with Crippen molar-refractivity contribution in [2.24, 2.45) is 0 Å². The molecule has 1 N–H and O–H groups in total. The molecule has 1 amide bonds. The monoisotopic (exact) mass is 477 g/mol. The van der Waals surface area contributed by atoms with Crippen LogP contribution in [0.25, 0.3) is 11.1 Å². The number of amides is 1. The summed E-state index contributed by atoms with van der Waals surface area (Å²) in [6, 6.07) is 23.3. The molecule has 3 aromatic rings. The molecule has 0 aliphatic heterocycles. The van der Waals surface area contributed by atoms with Crippen molar-refractivity contribution >= 4 is 6.09 Å². The van der Waals surface area contributed by atoms with Crippen LogP contribution in [0.1, 0.15) is 31.9 Å². The van der Waals surface area contributed by atoms with Crippen LogP contribution in [0.4, 0.5) is 4.79 Å². The van der Waals surface area contributed by atoms with Gasteiger partial charge < -0.3 is 19.3 Å². The number of carbonyl (C=O) groups excluding carboxylic acids is 1. The van der Waals surface area contributed by atoms with Gasteiger partial charge in [0, 0.05) is 11.6 Å². The summed E-state index contributed by atoms with van der Waals surface area (Å²) in [5.74, 6) is 1.26. The lowest BCUT2D eigenvalue weighted by Gasteiger charge is -2.33. The Bertz CT molecular complexity index is 1090. The highest BCUT2D eigenvalue weighted by Crippen LogP contribution is 2.28. The molecule has 35 heavy (non-hydrogen) atoms. The van der Waals surface area contributed by atoms with E-state index >= 15 is 0 Å². The summed E-state index contributed by atoms with van der Waals surface area (Å²) in [6.45, 7) is 5.49. The Hall–Kier alpha value is -3.51. The maximum Gasteiger partial charge on any atom is 0.410 e. The molecule has 0 heterocycles. The van der Waals surface area contributed by atoms with Gasteiger partial charge in [0.15, 0.2) is 0 Å². The SMILES string of the molecule is COc1ccc(CN(C(=O)OC(C)(C)C)[C@@H](CO)Cc2ccc(-c3ccccc3)cc2)c(OC)c1. The molecular weight excluding hydrogens is 442 g/mol. The number of rotatable bonds is 9. The predicted octanol–water partition coefficient (Wildman–Crippen LogP) is 5.71. The van der Waals surface area contributed by atoms with Crippen LogP contribution in [-0.2, 0) is 17.7 Å². The van der Waals surface area contributed by atoms with E-state index in [0.29, 0.717) is 17.9 Å². The van der Waals surface area contributed by atoms with Crippen LogP contribution in [0.2, 0.25) is 0 Å². The maximum atomic E-state index is 13.2. The summed E-state index contributed by atoms with van der Waals surface area (Å²) in [7, 11) is 3.17. The molecule has 0 saturated heterocycles. The molecule has 0 aliphatic carbocycles. The third kappa shape index (κ3) is 7.23. The molecule has 6 nitrogen and oxygen atoms in total. The van der Waals surface area contributed by atoms with E-state index in [1.165, 1.54) is 0 Å². The first kappa shape index (κ1) is 26.1. The lowest BCUT2D eigenvalue weighted by Crippen LogP contribution is -2.45. The van der Waals surface area contributed by atoms with Gasteiger partial charge >= 0.3 is 6.09 Å². The van der Waals surface area contributed by atoms with Crippen LogP contribution in [0.3, 0.4) is 0 Å². The van der Waals surface area contributed by atoms with Crippen LogP contribution in [0.15, 0.2) is 72.8 Å². The number of aliphatic hydroxyl groups is 1. The number of methoxy groups -OCH3 is 2. The molecule has 0 fully saturated rings. The molecule has 6 heteroatoms. The average molecular weight is 478 g/mol. The molecule has 3 aromatic carbocycles. The zero-order valence-corrected chi connectivity index (χ0v) is 21.2. The summed E-state index contributed by atoms with van der Waals surface area (Å²) in [6.07, 6.45) is -0.0150. The molecule has 1 atom stereocenters. The Balaban J connectivity index is 1.87. The topological polar surface area (TPSA) is 68.2 Å². The van der Waals surface area contributed by atoms with Crippen LogP contribution in [-0.4, -0.2) is 48.6 Å². The van der Waals surface area contributed by atoms with E-state index in [4.69, 9.17) is 14.2 Å². The maximum absolute atomic E-state index is 13.2. The van der Waals surface area contributed by atoms with E-state index in [1.54, 1.807) is 25.2 Å². The minimum absolute atomic E-state index is 0.210. The van der Waals surface area contributed by atoms with Crippen molar-refractivity contribution in [3.8, 4) is 22.6 Å². The van der Waals surface area contributed by atoms with Crippen molar-refractivity contribution in [1.82, 2.24) is 4.90 Å². The van der Waals surface area contributed by atoms with Crippen molar-refractivity contribution < 1.29 is 24.1 Å². The zero-order chi connectivity index (χ0) is 25.4. The number of benzene rings is 3. The standard InChI is InChI=1S/C29H35NO5/c1-29(2,3)35-28(32)30(19-24-15-16-26(33-4)18-27(24)34-5)25(20-31)17-21-11-13-23(14-12-21)22-9-7-6-8-10-22/h6-16,18,25,31H,17,19-20H2,1-5H3/t25-/m1/s1. The quantitative estimate of drug-likeness (QED) is 0.427. The van der Waals surface area contributed by atoms with Gasteiger partial charge in [0.1, 0.15) is 17.1 Å². The van der Waals surface area contributed by atoms with Gasteiger partial charge in [-0.2, -0.15) is 0 Å². The second kappa shape index (κ2) is 11.8. The number of ether oxygens (including phenoxy) is 3. The van der Waals surface area contributed by atoms with E-state index in [-0.39, 0.29) is 13.2 Å². The molecule has 186 valence electrons. The van der Waals surface area contributed by atoms with Gasteiger partial charge in [-0.3, -0.25) is 4.90 Å². The first-order valence-corrected chi connectivity index (χ1v) is 11.7. The number of nitrogens with zero attached hydrogens (tertiary/aromatic N) is 1. The summed E-state index contributed by atoms with van der Waals surface area (Å²) in [5.41, 5.74) is 3.38. The second-order valence-electron chi connectivity index (χ2n) is 9.39. The first-order valence-electron chi connectivity index (χ1n) is 11.7. The Labute approximate surface area is 208 Å². The van der Waals surface area contributed by atoms with Gasteiger partial charge in [-0.25, -0.2) is 4.79 Å². The highest BCUT2D eigenvalue weighted by atomic mass is 16.6. The second-order valence-corrected chi connectivity index (χ2v) is 9.39. The summed E-state index contributed by atoms with van der Waals surface area (Å²) in [4.78, 5) is 14.8. The van der Waals surface area contributed by atoms with Crippen molar-refractivity contribution in [3.63, 3.8) is 0 Å². The highest BCUT2D eigenvalue weighted by molar-refractivity contribution is 5.69. The van der Waals surface area contributed by atoms with E-state index in [0.717, 1.165) is 22.3 Å². The van der Waals surface area contributed by atoms with Gasteiger partial charge in [-0.05, 0) is 56.0 Å². The Kier molecular flexibility index (Phi) is 8.77. The third-order valence-electron chi connectivity index (χ3n) is 5.65. The number of aliphatic hydroxyl groups excluding tert-OH is 1.